The molecule has 0 aliphatic heterocycles. The Morgan fingerprint density at radius 3 is 3.09 bits per heavy atom. The predicted molar refractivity (Wildman–Crippen MR) is 37.9 cm³/mol. The summed E-state index contributed by atoms with van der Waals surface area (Å²) in [6.07, 6.45) is 5.03. The molecule has 1 rings (SSSR count). The van der Waals surface area contributed by atoms with E-state index in [-0.39, 0.29) is 5.69 Å². The minimum Gasteiger partial charge on any atom is -0.464 e. The quantitative estimate of drug-likeness (QED) is 0.459. The Hall–Kier alpha value is -1.76. The van der Waals surface area contributed by atoms with E-state index in [0.717, 1.165) is 0 Å². The molecule has 0 atom stereocenters. The number of carbonyl (C=O) groups is 1. The fourth-order valence-electron chi connectivity index (χ4n) is 0.605. The predicted octanol–water partition coefficient (Wildman–Crippen LogP) is 0.178. The van der Waals surface area contributed by atoms with E-state index < -0.39 is 5.97 Å². The number of rotatable bonds is 1. The Balaban J connectivity index is 2.91. The Morgan fingerprint density at radius 2 is 2.64 bits per heavy atom. The number of methoxy groups -OCH3 is 1. The van der Waals surface area contributed by atoms with Gasteiger partial charge in [-0.05, 0) is 0 Å². The molecule has 0 amide bonds. The third-order valence-corrected chi connectivity index (χ3v) is 1.13. The SMILES string of the molecule is C#Cc1cc(C(=O)OC)n[nH]1. The summed E-state index contributed by atoms with van der Waals surface area (Å²) < 4.78 is 4.40. The Morgan fingerprint density at radius 1 is 1.91 bits per heavy atom. The first kappa shape index (κ1) is 7.35. The first-order valence-corrected chi connectivity index (χ1v) is 2.88. The van der Waals surface area contributed by atoms with Crippen molar-refractivity contribution in [3.05, 3.63) is 17.5 Å². The number of H-pyrrole nitrogens is 1. The third kappa shape index (κ3) is 1.38. The monoisotopic (exact) mass is 150 g/mol. The third-order valence-electron chi connectivity index (χ3n) is 1.13. The lowest BCUT2D eigenvalue weighted by molar-refractivity contribution is 0.0594. The highest BCUT2D eigenvalue weighted by atomic mass is 16.5. The number of terminal acetylenes is 1. The molecule has 1 aromatic rings. The van der Waals surface area contributed by atoms with Gasteiger partial charge in [0.15, 0.2) is 5.69 Å². The molecule has 0 fully saturated rings. The highest BCUT2D eigenvalue weighted by Gasteiger charge is 2.08. The van der Waals surface area contributed by atoms with Crippen LogP contribution in [0.5, 0.6) is 0 Å². The van der Waals surface area contributed by atoms with E-state index in [1.165, 1.54) is 13.2 Å². The number of aromatic nitrogens is 2. The molecule has 0 spiro atoms. The highest BCUT2D eigenvalue weighted by molar-refractivity contribution is 5.87. The lowest BCUT2D eigenvalue weighted by Crippen LogP contribution is -2.00. The number of nitrogens with zero attached hydrogens (tertiary/aromatic N) is 1. The van der Waals surface area contributed by atoms with Crippen LogP contribution in [0.15, 0.2) is 6.07 Å². The zero-order valence-corrected chi connectivity index (χ0v) is 5.92. The van der Waals surface area contributed by atoms with E-state index in [1.54, 1.807) is 0 Å². The summed E-state index contributed by atoms with van der Waals surface area (Å²) in [4.78, 5) is 10.8. The molecule has 0 aromatic carbocycles. The van der Waals surface area contributed by atoms with Gasteiger partial charge in [-0.1, -0.05) is 5.92 Å². The van der Waals surface area contributed by atoms with Gasteiger partial charge in [0.2, 0.25) is 0 Å². The second-order valence-corrected chi connectivity index (χ2v) is 1.80. The van der Waals surface area contributed by atoms with Gasteiger partial charge in [-0.15, -0.1) is 6.42 Å². The zero-order chi connectivity index (χ0) is 8.27. The minimum absolute atomic E-state index is 0.195. The summed E-state index contributed by atoms with van der Waals surface area (Å²) in [5, 5.41) is 6.10. The van der Waals surface area contributed by atoms with Crippen LogP contribution in [0.25, 0.3) is 0 Å². The second-order valence-electron chi connectivity index (χ2n) is 1.80. The van der Waals surface area contributed by atoms with Gasteiger partial charge in [0.25, 0.3) is 0 Å². The maximum Gasteiger partial charge on any atom is 0.358 e. The summed E-state index contributed by atoms with van der Waals surface area (Å²) in [5.74, 6) is 1.80. The zero-order valence-electron chi connectivity index (χ0n) is 5.92. The van der Waals surface area contributed by atoms with Crippen molar-refractivity contribution in [1.29, 1.82) is 0 Å². The first-order valence-electron chi connectivity index (χ1n) is 2.88. The summed E-state index contributed by atoms with van der Waals surface area (Å²) in [7, 11) is 1.28. The number of carbonyl (C=O) groups excluding carboxylic acids is 1. The number of ether oxygens (including phenoxy) is 1. The number of hydrogen-bond donors (Lipinski definition) is 1. The molecule has 4 heteroatoms. The van der Waals surface area contributed by atoms with Gasteiger partial charge in [0.1, 0.15) is 5.69 Å². The van der Waals surface area contributed by atoms with E-state index in [1.807, 2.05) is 0 Å². The molecule has 0 bridgehead atoms. The van der Waals surface area contributed by atoms with Gasteiger partial charge in [0.05, 0.1) is 7.11 Å². The van der Waals surface area contributed by atoms with E-state index in [4.69, 9.17) is 6.42 Å². The molecule has 1 heterocycles. The normalized spacial score (nSPS) is 8.73. The lowest BCUT2D eigenvalue weighted by Gasteiger charge is -1.89. The fraction of sp³-hybridized carbons (Fsp3) is 0.143. The molecule has 1 aromatic heterocycles. The summed E-state index contributed by atoms with van der Waals surface area (Å²) in [6.45, 7) is 0. The smallest absolute Gasteiger partial charge is 0.358 e. The standard InChI is InChI=1S/C7H6N2O2/c1-3-5-4-6(9-8-5)7(10)11-2/h1,4H,2H3,(H,8,9). The molecule has 11 heavy (non-hydrogen) atoms. The van der Waals surface area contributed by atoms with Crippen LogP contribution in [-0.4, -0.2) is 23.3 Å². The van der Waals surface area contributed by atoms with Crippen molar-refractivity contribution in [3.8, 4) is 12.3 Å². The lowest BCUT2D eigenvalue weighted by atomic mass is 10.4. The van der Waals surface area contributed by atoms with Crippen LogP contribution in [0.1, 0.15) is 16.2 Å². The molecular formula is C7H6N2O2. The highest BCUT2D eigenvalue weighted by Crippen LogP contribution is 1.98. The van der Waals surface area contributed by atoms with Gasteiger partial charge in [-0.3, -0.25) is 5.10 Å². The van der Waals surface area contributed by atoms with Gasteiger partial charge in [-0.25, -0.2) is 4.79 Å². The average Bonchev–Trinajstić information content (AvgIpc) is 2.50. The van der Waals surface area contributed by atoms with Crippen molar-refractivity contribution in [2.75, 3.05) is 7.11 Å². The van der Waals surface area contributed by atoms with E-state index >= 15 is 0 Å². The van der Waals surface area contributed by atoms with Crippen LogP contribution in [0.4, 0.5) is 0 Å². The molecular weight excluding hydrogens is 144 g/mol. The summed E-state index contributed by atoms with van der Waals surface area (Å²) in [5.41, 5.74) is 0.658. The van der Waals surface area contributed by atoms with Crippen molar-refractivity contribution >= 4 is 5.97 Å². The van der Waals surface area contributed by atoms with Crippen molar-refractivity contribution in [1.82, 2.24) is 10.2 Å². The van der Waals surface area contributed by atoms with Gasteiger partial charge in [-0.2, -0.15) is 5.10 Å². The molecule has 0 aliphatic rings. The number of esters is 1. The molecule has 0 saturated carbocycles. The van der Waals surface area contributed by atoms with Crippen molar-refractivity contribution in [3.63, 3.8) is 0 Å². The Kier molecular flexibility index (Phi) is 1.93. The molecule has 0 unspecified atom stereocenters. The number of nitrogens with one attached hydrogen (secondary N) is 1. The van der Waals surface area contributed by atoms with Gasteiger partial charge < -0.3 is 4.74 Å². The topological polar surface area (TPSA) is 55.0 Å². The molecule has 4 nitrogen and oxygen atoms in total. The van der Waals surface area contributed by atoms with Gasteiger partial charge in [0, 0.05) is 6.07 Å². The maximum absolute atomic E-state index is 10.8. The van der Waals surface area contributed by atoms with E-state index in [2.05, 4.69) is 20.9 Å². The van der Waals surface area contributed by atoms with Crippen molar-refractivity contribution < 1.29 is 9.53 Å². The van der Waals surface area contributed by atoms with Crippen LogP contribution in [0.3, 0.4) is 0 Å². The molecule has 0 radical (unpaired) electrons. The second kappa shape index (κ2) is 2.88. The van der Waals surface area contributed by atoms with E-state index in [9.17, 15) is 4.79 Å². The van der Waals surface area contributed by atoms with Crippen LogP contribution in [0, 0.1) is 12.3 Å². The Bertz CT molecular complexity index is 308. The van der Waals surface area contributed by atoms with Crippen molar-refractivity contribution in [2.45, 2.75) is 0 Å². The van der Waals surface area contributed by atoms with Crippen LogP contribution < -0.4 is 0 Å². The average molecular weight is 150 g/mol. The van der Waals surface area contributed by atoms with Crippen LogP contribution >= 0.6 is 0 Å². The maximum atomic E-state index is 10.8. The Labute approximate surface area is 63.6 Å². The fourth-order valence-corrected chi connectivity index (χ4v) is 0.605. The first-order chi connectivity index (χ1) is 5.27. The minimum atomic E-state index is -0.497. The molecule has 0 aliphatic carbocycles. The van der Waals surface area contributed by atoms with Crippen molar-refractivity contribution in [2.24, 2.45) is 0 Å². The molecule has 0 saturated heterocycles. The molecule has 1 N–H and O–H groups in total. The van der Waals surface area contributed by atoms with E-state index in [0.29, 0.717) is 5.69 Å². The van der Waals surface area contributed by atoms with Crippen LogP contribution in [0.2, 0.25) is 0 Å². The largest absolute Gasteiger partial charge is 0.464 e. The number of hydrogen-bond acceptors (Lipinski definition) is 3. The summed E-state index contributed by atoms with van der Waals surface area (Å²) >= 11 is 0. The summed E-state index contributed by atoms with van der Waals surface area (Å²) in [6, 6.07) is 1.45. The number of aromatic amines is 1. The van der Waals surface area contributed by atoms with Gasteiger partial charge >= 0.3 is 5.97 Å². The molecule has 56 valence electrons. The van der Waals surface area contributed by atoms with Crippen LogP contribution in [-0.2, 0) is 4.74 Å².